The highest BCUT2D eigenvalue weighted by atomic mass is 16.5. The summed E-state index contributed by atoms with van der Waals surface area (Å²) in [6.45, 7) is 7.13. The third kappa shape index (κ3) is 4.64. The van der Waals surface area contributed by atoms with E-state index < -0.39 is 5.97 Å². The van der Waals surface area contributed by atoms with Crippen molar-refractivity contribution < 1.29 is 14.3 Å². The van der Waals surface area contributed by atoms with E-state index in [4.69, 9.17) is 9.47 Å². The van der Waals surface area contributed by atoms with Crippen LogP contribution in [-0.4, -0.2) is 49.2 Å². The molecule has 2 aromatic carbocycles. The summed E-state index contributed by atoms with van der Waals surface area (Å²) in [4.78, 5) is 21.2. The van der Waals surface area contributed by atoms with E-state index in [1.54, 1.807) is 20.2 Å². The summed E-state index contributed by atoms with van der Waals surface area (Å²) in [6, 6.07) is 15.0. The molecule has 0 aliphatic carbocycles. The summed E-state index contributed by atoms with van der Waals surface area (Å²) in [5.41, 5.74) is 2.85. The number of methoxy groups -OCH3 is 1. The topological polar surface area (TPSA) is 97.0 Å². The molecule has 5 rings (SSSR count). The molecule has 0 saturated heterocycles. The van der Waals surface area contributed by atoms with Crippen molar-refractivity contribution in [2.75, 3.05) is 13.7 Å². The van der Waals surface area contributed by atoms with Gasteiger partial charge in [-0.3, -0.25) is 4.68 Å². The molecule has 0 fully saturated rings. The Kier molecular flexibility index (Phi) is 6.13. The van der Waals surface area contributed by atoms with E-state index in [1.807, 2.05) is 4.68 Å². The fourth-order valence-corrected chi connectivity index (χ4v) is 4.43. The molecule has 0 bridgehead atoms. The average Bonchev–Trinajstić information content (AvgIpc) is 3.51. The first-order chi connectivity index (χ1) is 17.4. The fourth-order valence-electron chi connectivity index (χ4n) is 4.43. The number of fused-ring (bicyclic) bond motifs is 2. The van der Waals surface area contributed by atoms with Gasteiger partial charge in [0.1, 0.15) is 11.0 Å². The fraction of sp³-hybridized carbons (Fsp3) is 0.296. The molecule has 0 N–H and O–H groups in total. The summed E-state index contributed by atoms with van der Waals surface area (Å²) in [6.07, 6.45) is 5.54. The van der Waals surface area contributed by atoms with Gasteiger partial charge >= 0.3 is 5.97 Å². The van der Waals surface area contributed by atoms with Gasteiger partial charge in [-0.2, -0.15) is 15.2 Å². The summed E-state index contributed by atoms with van der Waals surface area (Å²) in [7, 11) is 1.57. The predicted molar refractivity (Wildman–Crippen MR) is 136 cm³/mol. The van der Waals surface area contributed by atoms with Crippen molar-refractivity contribution >= 4 is 27.8 Å². The van der Waals surface area contributed by atoms with Gasteiger partial charge < -0.3 is 9.47 Å². The molecule has 3 heterocycles. The molecule has 0 unspecified atom stereocenters. The van der Waals surface area contributed by atoms with Gasteiger partial charge in [0.25, 0.3) is 5.95 Å². The second-order valence-corrected chi connectivity index (χ2v) is 9.49. The van der Waals surface area contributed by atoms with Gasteiger partial charge in [0.15, 0.2) is 0 Å². The first-order valence-corrected chi connectivity index (χ1v) is 11.8. The van der Waals surface area contributed by atoms with Crippen molar-refractivity contribution in [3.05, 3.63) is 72.2 Å². The molecule has 0 spiro atoms. The minimum absolute atomic E-state index is 0.0956. The molecule has 0 saturated carbocycles. The highest BCUT2D eigenvalue weighted by molar-refractivity contribution is 5.89. The number of ether oxygens (including phenoxy) is 2. The maximum absolute atomic E-state index is 12.0. The lowest BCUT2D eigenvalue weighted by molar-refractivity contribution is 0.0526. The van der Waals surface area contributed by atoms with Gasteiger partial charge in [0.2, 0.25) is 5.88 Å². The minimum atomic E-state index is -0.446. The van der Waals surface area contributed by atoms with Gasteiger partial charge in [-0.15, -0.1) is 0 Å². The van der Waals surface area contributed by atoms with Crippen molar-refractivity contribution in [3.63, 3.8) is 0 Å². The Morgan fingerprint density at radius 3 is 2.61 bits per heavy atom. The number of rotatable bonds is 8. The molecule has 3 aromatic heterocycles. The number of hydrogen-bond acceptors (Lipinski definition) is 7. The molecular formula is C27H28N6O3. The summed E-state index contributed by atoms with van der Waals surface area (Å²) in [5, 5.41) is 11.3. The molecule has 0 aliphatic rings. The zero-order chi connectivity index (χ0) is 25.3. The molecule has 0 radical (unpaired) electrons. The average molecular weight is 485 g/mol. The minimum Gasteiger partial charge on any atom is -0.479 e. The van der Waals surface area contributed by atoms with Gasteiger partial charge in [-0.25, -0.2) is 14.5 Å². The molecule has 0 atom stereocenters. The van der Waals surface area contributed by atoms with Gasteiger partial charge in [-0.05, 0) is 35.1 Å². The smallest absolute Gasteiger partial charge is 0.341 e. The van der Waals surface area contributed by atoms with E-state index >= 15 is 0 Å². The van der Waals surface area contributed by atoms with Crippen LogP contribution in [0.15, 0.2) is 61.1 Å². The zero-order valence-electron chi connectivity index (χ0n) is 20.8. The zero-order valence-corrected chi connectivity index (χ0v) is 20.8. The number of nitrogens with zero attached hydrogens (tertiary/aromatic N) is 6. The van der Waals surface area contributed by atoms with Crippen LogP contribution in [0.2, 0.25) is 0 Å². The van der Waals surface area contributed by atoms with Crippen LogP contribution in [0.4, 0.5) is 0 Å². The number of esters is 1. The molecule has 5 aromatic rings. The van der Waals surface area contributed by atoms with Crippen molar-refractivity contribution in [1.29, 1.82) is 0 Å². The van der Waals surface area contributed by atoms with Crippen LogP contribution in [-0.2, 0) is 17.7 Å². The number of benzene rings is 2. The van der Waals surface area contributed by atoms with E-state index in [0.717, 1.165) is 6.42 Å². The highest BCUT2D eigenvalue weighted by Gasteiger charge is 2.24. The van der Waals surface area contributed by atoms with E-state index in [2.05, 4.69) is 76.5 Å². The number of hydrogen-bond donors (Lipinski definition) is 0. The van der Waals surface area contributed by atoms with Crippen LogP contribution < -0.4 is 4.74 Å². The Balaban J connectivity index is 1.42. The first kappa shape index (κ1) is 23.5. The standard InChI is InChI=1S/C27H28N6O3/c1-5-36-25(34)21-14-28-32(16-21)26-30-22-15-29-33(23(22)24(31-26)35-4)17-27(2,3)13-18-10-11-19-8-6-7-9-20(19)12-18/h6-12,14-16H,5,13,17H2,1-4H3. The van der Waals surface area contributed by atoms with E-state index in [9.17, 15) is 4.79 Å². The SMILES string of the molecule is CCOC(=O)c1cnn(-c2nc(OC)c3c(cnn3CC(C)(C)Cc3ccc4ccccc4c3)n2)c1. The van der Waals surface area contributed by atoms with Crippen LogP contribution in [0.1, 0.15) is 36.7 Å². The van der Waals surface area contributed by atoms with Gasteiger partial charge in [-0.1, -0.05) is 56.3 Å². The Bertz CT molecular complexity index is 1550. The molecule has 9 heteroatoms. The Labute approximate surface area is 208 Å². The molecule has 0 amide bonds. The predicted octanol–water partition coefficient (Wildman–Crippen LogP) is 4.62. The maximum Gasteiger partial charge on any atom is 0.341 e. The van der Waals surface area contributed by atoms with Crippen LogP contribution in [0.25, 0.3) is 27.8 Å². The monoisotopic (exact) mass is 484 g/mol. The van der Waals surface area contributed by atoms with E-state index in [0.29, 0.717) is 29.0 Å². The second-order valence-electron chi connectivity index (χ2n) is 9.49. The summed E-state index contributed by atoms with van der Waals surface area (Å²) >= 11 is 0. The summed E-state index contributed by atoms with van der Waals surface area (Å²) < 4.78 is 14.0. The lowest BCUT2D eigenvalue weighted by Gasteiger charge is -2.25. The second kappa shape index (κ2) is 9.41. The third-order valence-electron chi connectivity index (χ3n) is 6.01. The van der Waals surface area contributed by atoms with Crippen LogP contribution in [0.5, 0.6) is 5.88 Å². The van der Waals surface area contributed by atoms with Gasteiger partial charge in [0.05, 0.1) is 31.7 Å². The lowest BCUT2D eigenvalue weighted by Crippen LogP contribution is -2.23. The van der Waals surface area contributed by atoms with Gasteiger partial charge in [0, 0.05) is 12.7 Å². The van der Waals surface area contributed by atoms with Crippen molar-refractivity contribution in [3.8, 4) is 11.8 Å². The van der Waals surface area contributed by atoms with Crippen LogP contribution in [0, 0.1) is 5.41 Å². The quantitative estimate of drug-likeness (QED) is 0.297. The maximum atomic E-state index is 12.0. The Hall–Kier alpha value is -4.27. The largest absolute Gasteiger partial charge is 0.479 e. The number of aromatic nitrogens is 6. The van der Waals surface area contributed by atoms with E-state index in [1.165, 1.54) is 33.4 Å². The normalized spacial score (nSPS) is 11.8. The van der Waals surface area contributed by atoms with E-state index in [-0.39, 0.29) is 18.0 Å². The molecule has 9 nitrogen and oxygen atoms in total. The van der Waals surface area contributed by atoms with Crippen molar-refractivity contribution in [1.82, 2.24) is 29.5 Å². The first-order valence-electron chi connectivity index (χ1n) is 11.8. The highest BCUT2D eigenvalue weighted by Crippen LogP contribution is 2.30. The third-order valence-corrected chi connectivity index (χ3v) is 6.01. The molecule has 0 aliphatic heterocycles. The van der Waals surface area contributed by atoms with Crippen LogP contribution >= 0.6 is 0 Å². The van der Waals surface area contributed by atoms with Crippen molar-refractivity contribution in [2.45, 2.75) is 33.7 Å². The van der Waals surface area contributed by atoms with Crippen molar-refractivity contribution in [2.24, 2.45) is 5.41 Å². The molecular weight excluding hydrogens is 456 g/mol. The Morgan fingerprint density at radius 1 is 1.03 bits per heavy atom. The molecule has 36 heavy (non-hydrogen) atoms. The lowest BCUT2D eigenvalue weighted by atomic mass is 9.85. The Morgan fingerprint density at radius 2 is 1.83 bits per heavy atom. The number of carbonyl (C=O) groups is 1. The van der Waals surface area contributed by atoms with Crippen LogP contribution in [0.3, 0.4) is 0 Å². The summed E-state index contributed by atoms with van der Waals surface area (Å²) in [5.74, 6) is 0.227. The number of carbonyl (C=O) groups excluding carboxylic acids is 1. The molecule has 184 valence electrons.